The predicted octanol–water partition coefficient (Wildman–Crippen LogP) is 2.62. The minimum absolute atomic E-state index is 0.0118. The van der Waals surface area contributed by atoms with E-state index in [1.807, 2.05) is 30.3 Å². The summed E-state index contributed by atoms with van der Waals surface area (Å²) < 4.78 is 37.4. The van der Waals surface area contributed by atoms with Gasteiger partial charge in [0, 0.05) is 44.7 Å². The number of amides is 2. The van der Waals surface area contributed by atoms with Crippen molar-refractivity contribution in [3.05, 3.63) is 35.3 Å². The highest BCUT2D eigenvalue weighted by Crippen LogP contribution is 2.33. The van der Waals surface area contributed by atoms with Gasteiger partial charge in [-0.05, 0) is 12.1 Å². The van der Waals surface area contributed by atoms with E-state index >= 15 is 0 Å². The molecule has 1 N–H and O–H groups in total. The number of piperazine rings is 1. The summed E-state index contributed by atoms with van der Waals surface area (Å²) in [6.07, 6.45) is -4.74. The van der Waals surface area contributed by atoms with Crippen LogP contribution >= 0.6 is 11.3 Å². The zero-order valence-corrected chi connectivity index (χ0v) is 15.6. The average molecular weight is 413 g/mol. The van der Waals surface area contributed by atoms with Crippen LogP contribution in [0.5, 0.6) is 0 Å². The largest absolute Gasteiger partial charge is 0.445 e. The highest BCUT2D eigenvalue weighted by molar-refractivity contribution is 7.15. The molecule has 0 bridgehead atoms. The lowest BCUT2D eigenvalue weighted by Crippen LogP contribution is -2.48. The van der Waals surface area contributed by atoms with E-state index in [2.05, 4.69) is 20.4 Å². The van der Waals surface area contributed by atoms with Gasteiger partial charge >= 0.3 is 6.18 Å². The molecule has 0 saturated carbocycles. The highest BCUT2D eigenvalue weighted by atomic mass is 32.1. The van der Waals surface area contributed by atoms with Crippen LogP contribution in [-0.4, -0.2) is 53.1 Å². The summed E-state index contributed by atoms with van der Waals surface area (Å²) in [4.78, 5) is 28.0. The van der Waals surface area contributed by atoms with Crippen molar-refractivity contribution in [2.24, 2.45) is 0 Å². The Bertz CT molecular complexity index is 820. The molecular formula is C17H18F3N5O2S. The zero-order valence-electron chi connectivity index (χ0n) is 14.8. The summed E-state index contributed by atoms with van der Waals surface area (Å²) in [5, 5.41) is 7.17. The van der Waals surface area contributed by atoms with E-state index in [0.717, 1.165) is 5.69 Å². The van der Waals surface area contributed by atoms with Gasteiger partial charge < -0.3 is 15.1 Å². The summed E-state index contributed by atoms with van der Waals surface area (Å²) in [5.41, 5.74) is 1.10. The second kappa shape index (κ2) is 8.55. The molecule has 28 heavy (non-hydrogen) atoms. The van der Waals surface area contributed by atoms with E-state index in [0.29, 0.717) is 26.2 Å². The Morgan fingerprint density at radius 2 is 1.71 bits per heavy atom. The van der Waals surface area contributed by atoms with Crippen LogP contribution in [-0.2, 0) is 15.8 Å². The number of rotatable bonds is 5. The number of hydrogen-bond acceptors (Lipinski definition) is 6. The molecule has 3 rings (SSSR count). The molecule has 1 aliphatic heterocycles. The maximum atomic E-state index is 12.5. The highest BCUT2D eigenvalue weighted by Gasteiger charge is 2.35. The molecule has 1 fully saturated rings. The molecule has 1 saturated heterocycles. The minimum atomic E-state index is -4.60. The molecule has 1 aromatic carbocycles. The van der Waals surface area contributed by atoms with Crippen molar-refractivity contribution in [2.75, 3.05) is 36.4 Å². The van der Waals surface area contributed by atoms with Crippen molar-refractivity contribution in [2.45, 2.75) is 19.0 Å². The van der Waals surface area contributed by atoms with Gasteiger partial charge in [-0.3, -0.25) is 9.59 Å². The first-order chi connectivity index (χ1) is 13.3. The molecule has 2 aromatic rings. The van der Waals surface area contributed by atoms with Crippen LogP contribution in [0.2, 0.25) is 0 Å². The quantitative estimate of drug-likeness (QED) is 0.815. The number of carbonyl (C=O) groups excluding carboxylic acids is 2. The molecule has 0 aliphatic carbocycles. The van der Waals surface area contributed by atoms with Crippen molar-refractivity contribution < 1.29 is 22.8 Å². The lowest BCUT2D eigenvalue weighted by molar-refractivity contribution is -0.138. The van der Waals surface area contributed by atoms with Gasteiger partial charge in [-0.15, -0.1) is 10.2 Å². The number of halogens is 3. The number of alkyl halides is 3. The Balaban J connectivity index is 1.42. The SMILES string of the molecule is O=C(CCC(=O)N1CCN(c2ccccc2)CC1)Nc1nnc(C(F)(F)F)s1. The first kappa shape index (κ1) is 20.1. The number of hydrogen-bond donors (Lipinski definition) is 1. The topological polar surface area (TPSA) is 78.4 Å². The van der Waals surface area contributed by atoms with E-state index in [4.69, 9.17) is 0 Å². The van der Waals surface area contributed by atoms with E-state index in [-0.39, 0.29) is 35.2 Å². The number of carbonyl (C=O) groups is 2. The van der Waals surface area contributed by atoms with Crippen molar-refractivity contribution in [3.8, 4) is 0 Å². The van der Waals surface area contributed by atoms with Crippen molar-refractivity contribution in [1.82, 2.24) is 15.1 Å². The van der Waals surface area contributed by atoms with Crippen molar-refractivity contribution >= 4 is 34.0 Å². The van der Waals surface area contributed by atoms with Gasteiger partial charge in [-0.2, -0.15) is 13.2 Å². The third-order valence-electron chi connectivity index (χ3n) is 4.23. The lowest BCUT2D eigenvalue weighted by Gasteiger charge is -2.36. The van der Waals surface area contributed by atoms with E-state index in [1.54, 1.807) is 4.90 Å². The van der Waals surface area contributed by atoms with Crippen molar-refractivity contribution in [3.63, 3.8) is 0 Å². The van der Waals surface area contributed by atoms with Gasteiger partial charge in [-0.25, -0.2) is 0 Å². The summed E-state index contributed by atoms with van der Waals surface area (Å²) >= 11 is 0.249. The van der Waals surface area contributed by atoms with Crippen LogP contribution < -0.4 is 10.2 Å². The minimum Gasteiger partial charge on any atom is -0.368 e. The maximum Gasteiger partial charge on any atom is 0.445 e. The Kier molecular flexibility index (Phi) is 6.12. The smallest absolute Gasteiger partial charge is 0.368 e. The van der Waals surface area contributed by atoms with Gasteiger partial charge in [-0.1, -0.05) is 29.5 Å². The predicted molar refractivity (Wildman–Crippen MR) is 98.0 cm³/mol. The van der Waals surface area contributed by atoms with Gasteiger partial charge in [0.1, 0.15) is 0 Å². The molecule has 0 unspecified atom stereocenters. The first-order valence-electron chi connectivity index (χ1n) is 8.61. The Hall–Kier alpha value is -2.69. The third kappa shape index (κ3) is 5.18. The van der Waals surface area contributed by atoms with Gasteiger partial charge in [0.25, 0.3) is 0 Å². The fourth-order valence-electron chi connectivity index (χ4n) is 2.80. The summed E-state index contributed by atoms with van der Waals surface area (Å²) in [5.74, 6) is -0.725. The molecule has 1 aliphatic rings. The van der Waals surface area contributed by atoms with Crippen LogP contribution in [0.4, 0.5) is 24.0 Å². The monoisotopic (exact) mass is 413 g/mol. The van der Waals surface area contributed by atoms with E-state index in [9.17, 15) is 22.8 Å². The van der Waals surface area contributed by atoms with Crippen molar-refractivity contribution in [1.29, 1.82) is 0 Å². The van der Waals surface area contributed by atoms with Gasteiger partial charge in [0.05, 0.1) is 0 Å². The number of nitrogens with zero attached hydrogens (tertiary/aromatic N) is 4. The van der Waals surface area contributed by atoms with Gasteiger partial charge in [0.15, 0.2) is 0 Å². The average Bonchev–Trinajstić information content (AvgIpc) is 3.16. The molecule has 2 heterocycles. The molecular weight excluding hydrogens is 395 g/mol. The van der Waals surface area contributed by atoms with Gasteiger partial charge in [0.2, 0.25) is 22.0 Å². The first-order valence-corrected chi connectivity index (χ1v) is 9.43. The van der Waals surface area contributed by atoms with Crippen LogP contribution in [0.15, 0.2) is 30.3 Å². The summed E-state index contributed by atoms with van der Waals surface area (Å²) in [6.45, 7) is 2.52. The Labute approximate surface area is 163 Å². The molecule has 0 atom stereocenters. The Morgan fingerprint density at radius 3 is 2.32 bits per heavy atom. The van der Waals surface area contributed by atoms with Crippen LogP contribution in [0.25, 0.3) is 0 Å². The summed E-state index contributed by atoms with van der Waals surface area (Å²) in [7, 11) is 0. The fraction of sp³-hybridized carbons (Fsp3) is 0.412. The maximum absolute atomic E-state index is 12.5. The molecule has 2 amide bonds. The summed E-state index contributed by atoms with van der Waals surface area (Å²) in [6, 6.07) is 9.89. The number of anilines is 2. The molecule has 150 valence electrons. The molecule has 11 heteroatoms. The fourth-order valence-corrected chi connectivity index (χ4v) is 3.43. The number of benzene rings is 1. The molecule has 7 nitrogen and oxygen atoms in total. The second-order valence-electron chi connectivity index (χ2n) is 6.16. The zero-order chi connectivity index (χ0) is 20.1. The van der Waals surface area contributed by atoms with Crippen LogP contribution in [0.3, 0.4) is 0 Å². The third-order valence-corrected chi connectivity index (χ3v) is 5.12. The Morgan fingerprint density at radius 1 is 1.04 bits per heavy atom. The number of nitrogens with one attached hydrogen (secondary N) is 1. The number of aromatic nitrogens is 2. The second-order valence-corrected chi connectivity index (χ2v) is 7.14. The number of para-hydroxylation sites is 1. The van der Waals surface area contributed by atoms with E-state index < -0.39 is 17.1 Å². The van der Waals surface area contributed by atoms with Crippen LogP contribution in [0.1, 0.15) is 17.8 Å². The lowest BCUT2D eigenvalue weighted by atomic mass is 10.2. The normalized spacial score (nSPS) is 14.8. The molecule has 0 spiro atoms. The van der Waals surface area contributed by atoms with Crippen LogP contribution in [0, 0.1) is 0 Å². The standard InChI is InChI=1S/C17H18F3N5O2S/c18-17(19,20)15-22-23-16(28-15)21-13(26)6-7-14(27)25-10-8-24(9-11-25)12-4-2-1-3-5-12/h1-5H,6-11H2,(H,21,23,26). The molecule has 1 aromatic heterocycles. The molecule has 0 radical (unpaired) electrons. The van der Waals surface area contributed by atoms with E-state index in [1.165, 1.54) is 0 Å².